The van der Waals surface area contributed by atoms with E-state index in [-0.39, 0.29) is 6.10 Å². The predicted octanol–water partition coefficient (Wildman–Crippen LogP) is 0.992. The molecule has 3 N–H and O–H groups in total. The molecule has 3 rings (SSSR count). The third-order valence-corrected chi connectivity index (χ3v) is 5.02. The van der Waals surface area contributed by atoms with Gasteiger partial charge in [0.15, 0.2) is 0 Å². The normalized spacial score (nSPS) is 31.6. The van der Waals surface area contributed by atoms with Crippen molar-refractivity contribution in [1.29, 1.82) is 0 Å². The first-order chi connectivity index (χ1) is 10.2. The minimum Gasteiger partial charge on any atom is -0.391 e. The highest BCUT2D eigenvalue weighted by Gasteiger charge is 2.29. The zero-order chi connectivity index (χ0) is 14.7. The SMILES string of the molecule is CC(c1ccccc1)N1CCC(NCC2CNCC2O)C1. The number of rotatable bonds is 5. The molecule has 0 saturated carbocycles. The van der Waals surface area contributed by atoms with Crippen LogP contribution < -0.4 is 10.6 Å². The first-order valence-electron chi connectivity index (χ1n) is 8.15. The van der Waals surface area contributed by atoms with Gasteiger partial charge in [-0.15, -0.1) is 0 Å². The Morgan fingerprint density at radius 3 is 2.86 bits per heavy atom. The molecular weight excluding hydrogens is 262 g/mol. The summed E-state index contributed by atoms with van der Waals surface area (Å²) < 4.78 is 0. The molecule has 0 amide bonds. The number of benzene rings is 1. The minimum atomic E-state index is -0.182. The van der Waals surface area contributed by atoms with Gasteiger partial charge >= 0.3 is 0 Å². The topological polar surface area (TPSA) is 47.5 Å². The number of nitrogens with one attached hydrogen (secondary N) is 2. The number of hydrogen-bond donors (Lipinski definition) is 3. The first kappa shape index (κ1) is 15.0. The highest BCUT2D eigenvalue weighted by Crippen LogP contribution is 2.24. The molecule has 1 aromatic carbocycles. The van der Waals surface area contributed by atoms with Crippen molar-refractivity contribution >= 4 is 0 Å². The van der Waals surface area contributed by atoms with Gasteiger partial charge in [-0.25, -0.2) is 0 Å². The van der Waals surface area contributed by atoms with Gasteiger partial charge in [-0.05, 0) is 18.9 Å². The maximum absolute atomic E-state index is 9.84. The van der Waals surface area contributed by atoms with Gasteiger partial charge in [0.1, 0.15) is 0 Å². The van der Waals surface area contributed by atoms with Gasteiger partial charge in [-0.3, -0.25) is 4.90 Å². The molecule has 0 radical (unpaired) electrons. The molecule has 4 atom stereocenters. The van der Waals surface area contributed by atoms with Gasteiger partial charge in [0.05, 0.1) is 6.10 Å². The van der Waals surface area contributed by atoms with Crippen molar-refractivity contribution < 1.29 is 5.11 Å². The molecular formula is C17H27N3O. The summed E-state index contributed by atoms with van der Waals surface area (Å²) in [6.45, 7) is 7.15. The second kappa shape index (κ2) is 6.88. The zero-order valence-electron chi connectivity index (χ0n) is 12.8. The summed E-state index contributed by atoms with van der Waals surface area (Å²) in [5.74, 6) is 0.366. The summed E-state index contributed by atoms with van der Waals surface area (Å²) in [5.41, 5.74) is 1.40. The lowest BCUT2D eigenvalue weighted by Crippen LogP contribution is -2.39. The van der Waals surface area contributed by atoms with Gasteiger partial charge in [0, 0.05) is 50.7 Å². The van der Waals surface area contributed by atoms with Crippen molar-refractivity contribution in [3.05, 3.63) is 35.9 Å². The Kier molecular flexibility index (Phi) is 4.91. The molecule has 4 nitrogen and oxygen atoms in total. The number of likely N-dealkylation sites (tertiary alicyclic amines) is 1. The Morgan fingerprint density at radius 1 is 1.33 bits per heavy atom. The van der Waals surface area contributed by atoms with E-state index in [0.717, 1.165) is 32.7 Å². The van der Waals surface area contributed by atoms with Crippen LogP contribution in [-0.4, -0.2) is 54.9 Å². The van der Waals surface area contributed by atoms with E-state index in [1.807, 2.05) is 0 Å². The quantitative estimate of drug-likeness (QED) is 0.757. The van der Waals surface area contributed by atoms with Crippen molar-refractivity contribution in [2.24, 2.45) is 5.92 Å². The summed E-state index contributed by atoms with van der Waals surface area (Å²) in [6, 6.07) is 11.8. The molecule has 21 heavy (non-hydrogen) atoms. The molecule has 2 saturated heterocycles. The monoisotopic (exact) mass is 289 g/mol. The summed E-state index contributed by atoms with van der Waals surface area (Å²) in [5, 5.41) is 16.7. The average Bonchev–Trinajstić information content (AvgIpc) is 3.14. The van der Waals surface area contributed by atoms with E-state index in [2.05, 4.69) is 52.8 Å². The van der Waals surface area contributed by atoms with Gasteiger partial charge in [0.25, 0.3) is 0 Å². The van der Waals surface area contributed by atoms with Gasteiger partial charge in [-0.1, -0.05) is 30.3 Å². The second-order valence-electron chi connectivity index (χ2n) is 6.46. The highest BCUT2D eigenvalue weighted by atomic mass is 16.3. The van der Waals surface area contributed by atoms with Crippen LogP contribution in [0.25, 0.3) is 0 Å². The van der Waals surface area contributed by atoms with Crippen LogP contribution in [-0.2, 0) is 0 Å². The van der Waals surface area contributed by atoms with Crippen molar-refractivity contribution in [3.8, 4) is 0 Å². The van der Waals surface area contributed by atoms with Crippen LogP contribution >= 0.6 is 0 Å². The third kappa shape index (κ3) is 3.64. The molecule has 0 spiro atoms. The average molecular weight is 289 g/mol. The highest BCUT2D eigenvalue weighted by molar-refractivity contribution is 5.18. The fraction of sp³-hybridized carbons (Fsp3) is 0.647. The van der Waals surface area contributed by atoms with Crippen molar-refractivity contribution in [2.75, 3.05) is 32.7 Å². The molecule has 2 aliphatic heterocycles. The predicted molar refractivity (Wildman–Crippen MR) is 85.2 cm³/mol. The number of aliphatic hydroxyl groups is 1. The van der Waals surface area contributed by atoms with E-state index >= 15 is 0 Å². The first-order valence-corrected chi connectivity index (χ1v) is 8.15. The minimum absolute atomic E-state index is 0.182. The molecule has 0 aromatic heterocycles. The Hall–Kier alpha value is -0.940. The van der Waals surface area contributed by atoms with Crippen LogP contribution in [0.2, 0.25) is 0 Å². The summed E-state index contributed by atoms with van der Waals surface area (Å²) in [7, 11) is 0. The van der Waals surface area contributed by atoms with E-state index in [4.69, 9.17) is 0 Å². The van der Waals surface area contributed by atoms with Crippen molar-refractivity contribution in [3.63, 3.8) is 0 Å². The Balaban J connectivity index is 1.47. The fourth-order valence-electron chi connectivity index (χ4n) is 3.49. The van der Waals surface area contributed by atoms with Crippen molar-refractivity contribution in [2.45, 2.75) is 31.5 Å². The molecule has 2 heterocycles. The van der Waals surface area contributed by atoms with E-state index < -0.39 is 0 Å². The molecule has 0 aliphatic carbocycles. The van der Waals surface area contributed by atoms with Crippen LogP contribution in [0.3, 0.4) is 0 Å². The number of nitrogens with zero attached hydrogens (tertiary/aromatic N) is 1. The van der Waals surface area contributed by atoms with E-state index in [0.29, 0.717) is 18.0 Å². The Labute approximate surface area is 127 Å². The fourth-order valence-corrected chi connectivity index (χ4v) is 3.49. The zero-order valence-corrected chi connectivity index (χ0v) is 12.8. The number of aliphatic hydroxyl groups excluding tert-OH is 1. The molecule has 116 valence electrons. The van der Waals surface area contributed by atoms with Gasteiger partial charge in [0.2, 0.25) is 0 Å². The van der Waals surface area contributed by atoms with Crippen LogP contribution in [0, 0.1) is 5.92 Å². The van der Waals surface area contributed by atoms with Crippen LogP contribution in [0.15, 0.2) is 30.3 Å². The van der Waals surface area contributed by atoms with Crippen LogP contribution in [0.4, 0.5) is 0 Å². The van der Waals surface area contributed by atoms with E-state index in [9.17, 15) is 5.11 Å². The summed E-state index contributed by atoms with van der Waals surface area (Å²) in [6.07, 6.45) is 1.02. The lowest BCUT2D eigenvalue weighted by molar-refractivity contribution is 0.144. The van der Waals surface area contributed by atoms with Gasteiger partial charge < -0.3 is 15.7 Å². The lowest BCUT2D eigenvalue weighted by atomic mass is 10.1. The van der Waals surface area contributed by atoms with Gasteiger partial charge in [-0.2, -0.15) is 0 Å². The number of hydrogen-bond acceptors (Lipinski definition) is 4. The molecule has 2 fully saturated rings. The molecule has 0 bridgehead atoms. The Morgan fingerprint density at radius 2 is 2.14 bits per heavy atom. The molecule has 2 aliphatic rings. The third-order valence-electron chi connectivity index (χ3n) is 5.02. The van der Waals surface area contributed by atoms with Crippen molar-refractivity contribution in [1.82, 2.24) is 15.5 Å². The Bertz CT molecular complexity index is 439. The van der Waals surface area contributed by atoms with E-state index in [1.54, 1.807) is 0 Å². The molecule has 4 unspecified atom stereocenters. The molecule has 1 aromatic rings. The summed E-state index contributed by atoms with van der Waals surface area (Å²) in [4.78, 5) is 2.55. The smallest absolute Gasteiger partial charge is 0.0716 e. The number of β-amino-alcohol motifs (C(OH)–C–C–N with tert-alkyl or cyclic N) is 1. The maximum Gasteiger partial charge on any atom is 0.0716 e. The molecule has 4 heteroatoms. The standard InChI is InChI=1S/C17H27N3O/c1-13(14-5-3-2-4-6-14)20-8-7-16(12-20)19-10-15-9-18-11-17(15)21/h2-6,13,15-19,21H,7-12H2,1H3. The largest absolute Gasteiger partial charge is 0.391 e. The lowest BCUT2D eigenvalue weighted by Gasteiger charge is -2.25. The van der Waals surface area contributed by atoms with E-state index in [1.165, 1.54) is 12.0 Å². The van der Waals surface area contributed by atoms with Crippen LogP contribution in [0.1, 0.15) is 24.9 Å². The summed E-state index contributed by atoms with van der Waals surface area (Å²) >= 11 is 0. The maximum atomic E-state index is 9.84. The second-order valence-corrected chi connectivity index (χ2v) is 6.46. The van der Waals surface area contributed by atoms with Crippen LogP contribution in [0.5, 0.6) is 0 Å².